The first-order valence-electron chi connectivity index (χ1n) is 18.4. The van der Waals surface area contributed by atoms with E-state index in [0.717, 1.165) is 0 Å². The second kappa shape index (κ2) is 11.1. The lowest BCUT2D eigenvalue weighted by Gasteiger charge is -2.26. The quantitative estimate of drug-likeness (QED) is 0.128. The van der Waals surface area contributed by atoms with Crippen molar-refractivity contribution in [2.24, 2.45) is 0 Å². The number of rotatable bonds is 3. The molecule has 244 valence electrons. The van der Waals surface area contributed by atoms with Gasteiger partial charge in [-0.25, -0.2) is 0 Å². The summed E-state index contributed by atoms with van der Waals surface area (Å²) in [5, 5.41) is 22.7. The molecule has 0 amide bonds. The minimum atomic E-state index is -1.06. The minimum absolute atomic E-state index is 1.06. The van der Waals surface area contributed by atoms with Gasteiger partial charge in [-0.3, -0.25) is 0 Å². The van der Waals surface area contributed by atoms with Crippen LogP contribution in [0.25, 0.3) is 97.7 Å². The highest BCUT2D eigenvalue weighted by Crippen LogP contribution is 2.51. The van der Waals surface area contributed by atoms with Crippen LogP contribution >= 0.6 is 7.92 Å². The fourth-order valence-electron chi connectivity index (χ4n) is 9.47. The van der Waals surface area contributed by atoms with E-state index in [9.17, 15) is 0 Å². The van der Waals surface area contributed by atoms with Crippen molar-refractivity contribution in [1.29, 1.82) is 0 Å². The van der Waals surface area contributed by atoms with E-state index in [0.29, 0.717) is 0 Å². The maximum atomic E-state index is 2.57. The van der Waals surface area contributed by atoms with Gasteiger partial charge in [0.2, 0.25) is 0 Å². The van der Waals surface area contributed by atoms with Crippen molar-refractivity contribution in [1.82, 2.24) is 0 Å². The number of hydrogen-bond donors (Lipinski definition) is 0. The fraction of sp³-hybridized carbons (Fsp3) is 0. The third-order valence-corrected chi connectivity index (χ3v) is 14.2. The van der Waals surface area contributed by atoms with Crippen LogP contribution in [0.4, 0.5) is 0 Å². The molecule has 0 unspecified atom stereocenters. The van der Waals surface area contributed by atoms with Crippen molar-refractivity contribution >= 4 is 99.2 Å². The first-order valence-corrected chi connectivity index (χ1v) is 19.8. The summed E-state index contributed by atoms with van der Waals surface area (Å²) in [6, 6.07) is 71.1. The van der Waals surface area contributed by atoms with Crippen LogP contribution in [0.5, 0.6) is 0 Å². The molecule has 0 fully saturated rings. The molecule has 0 atom stereocenters. The van der Waals surface area contributed by atoms with Crippen molar-refractivity contribution < 1.29 is 0 Å². The fourth-order valence-corrected chi connectivity index (χ4v) is 12.4. The van der Waals surface area contributed by atoms with Crippen LogP contribution in [0, 0.1) is 0 Å². The molecule has 0 heterocycles. The Bertz CT molecular complexity index is 3230. The van der Waals surface area contributed by atoms with Gasteiger partial charge in [-0.15, -0.1) is 0 Å². The molecule has 0 nitrogen and oxygen atoms in total. The van der Waals surface area contributed by atoms with E-state index in [4.69, 9.17) is 0 Å². The van der Waals surface area contributed by atoms with Gasteiger partial charge in [0.15, 0.2) is 0 Å². The van der Waals surface area contributed by atoms with Crippen molar-refractivity contribution in [2.45, 2.75) is 0 Å². The zero-order valence-corrected chi connectivity index (χ0v) is 29.7. The highest BCUT2D eigenvalue weighted by Gasteiger charge is 2.28. The summed E-state index contributed by atoms with van der Waals surface area (Å²) in [7, 11) is -1.06. The van der Waals surface area contributed by atoms with E-state index in [1.807, 2.05) is 0 Å². The molecule has 0 saturated heterocycles. The Balaban J connectivity index is 1.28. The molecule has 11 aromatic rings. The second-order valence-corrected chi connectivity index (χ2v) is 16.5. The lowest BCUT2D eigenvalue weighted by Crippen LogP contribution is -2.23. The van der Waals surface area contributed by atoms with Gasteiger partial charge in [-0.1, -0.05) is 164 Å². The third-order valence-electron chi connectivity index (χ3n) is 11.7. The summed E-state index contributed by atoms with van der Waals surface area (Å²) < 4.78 is 0. The lowest BCUT2D eigenvalue weighted by atomic mass is 9.93. The van der Waals surface area contributed by atoms with Gasteiger partial charge < -0.3 is 0 Å². The number of benzene rings is 11. The maximum absolute atomic E-state index is 2.57. The molecule has 1 aliphatic carbocycles. The predicted molar refractivity (Wildman–Crippen MR) is 232 cm³/mol. The third kappa shape index (κ3) is 4.10. The molecule has 1 aliphatic rings. The van der Waals surface area contributed by atoms with Crippen molar-refractivity contribution in [3.8, 4) is 22.3 Å². The largest absolute Gasteiger partial charge is 0.0616 e. The first kappa shape index (κ1) is 29.3. The SMILES string of the molecule is c1ccc2c(c1)-c1cccc3c1c-2cc1cc(P(c2cc4ccccc4c4ccccc24)c2cc4ccccc4c4ccccc24)c2ccccc2c13. The lowest BCUT2D eigenvalue weighted by molar-refractivity contribution is 1.70. The van der Waals surface area contributed by atoms with Crippen LogP contribution in [0.1, 0.15) is 0 Å². The van der Waals surface area contributed by atoms with Gasteiger partial charge >= 0.3 is 0 Å². The van der Waals surface area contributed by atoms with Crippen LogP contribution in [0.15, 0.2) is 188 Å². The molecule has 0 saturated carbocycles. The first-order chi connectivity index (χ1) is 26.3. The molecule has 0 aliphatic heterocycles. The summed E-state index contributed by atoms with van der Waals surface area (Å²) in [6.07, 6.45) is 0. The molecule has 1 heteroatoms. The van der Waals surface area contributed by atoms with Gasteiger partial charge in [0.25, 0.3) is 0 Å². The van der Waals surface area contributed by atoms with Gasteiger partial charge in [-0.05, 0) is 146 Å². The summed E-state index contributed by atoms with van der Waals surface area (Å²) in [4.78, 5) is 0. The molecular formula is C52H31P. The summed E-state index contributed by atoms with van der Waals surface area (Å²) in [6.45, 7) is 0. The Morgan fingerprint density at radius 3 is 1.21 bits per heavy atom. The molecule has 0 aromatic heterocycles. The molecule has 0 spiro atoms. The highest BCUT2D eigenvalue weighted by molar-refractivity contribution is 7.81. The molecule has 12 rings (SSSR count). The van der Waals surface area contributed by atoms with Crippen molar-refractivity contribution in [3.05, 3.63) is 188 Å². The monoisotopic (exact) mass is 686 g/mol. The Labute approximate surface area is 308 Å². The van der Waals surface area contributed by atoms with E-state index in [1.165, 1.54) is 114 Å². The maximum Gasteiger partial charge on any atom is -0.00197 e. The average molecular weight is 687 g/mol. The smallest absolute Gasteiger partial charge is 0.00197 e. The molecule has 11 aromatic carbocycles. The van der Waals surface area contributed by atoms with E-state index >= 15 is 0 Å². The van der Waals surface area contributed by atoms with E-state index < -0.39 is 7.92 Å². The van der Waals surface area contributed by atoms with Gasteiger partial charge in [0, 0.05) is 0 Å². The van der Waals surface area contributed by atoms with Crippen LogP contribution in [-0.2, 0) is 0 Å². The molecule has 0 radical (unpaired) electrons. The van der Waals surface area contributed by atoms with Crippen LogP contribution in [0.3, 0.4) is 0 Å². The van der Waals surface area contributed by atoms with Crippen LogP contribution in [0.2, 0.25) is 0 Å². The van der Waals surface area contributed by atoms with E-state index in [-0.39, 0.29) is 0 Å². The molecule has 0 N–H and O–H groups in total. The zero-order valence-electron chi connectivity index (χ0n) is 28.8. The van der Waals surface area contributed by atoms with Gasteiger partial charge in [-0.2, -0.15) is 0 Å². The summed E-state index contributed by atoms with van der Waals surface area (Å²) >= 11 is 0. The summed E-state index contributed by atoms with van der Waals surface area (Å²) in [5.41, 5.74) is 5.35. The number of fused-ring (bicyclic) bond motifs is 13. The Hall–Kier alpha value is -6.33. The average Bonchev–Trinajstić information content (AvgIpc) is 3.55. The molecular weight excluding hydrogens is 656 g/mol. The van der Waals surface area contributed by atoms with Crippen molar-refractivity contribution in [2.75, 3.05) is 0 Å². The minimum Gasteiger partial charge on any atom is -0.0616 e. The van der Waals surface area contributed by atoms with E-state index in [1.54, 1.807) is 0 Å². The van der Waals surface area contributed by atoms with Gasteiger partial charge in [0.05, 0.1) is 0 Å². The highest BCUT2D eigenvalue weighted by atomic mass is 31.1. The standard InChI is InChI=1S/C52H31P/c1-3-16-35-32(14-1)29-48(41-22-9-7-18-37(35)41)53(49-30-33-15-2-4-17-36(33)38-19-8-10-23-42(38)49)50-31-34-28-47-40-21-6-5-20-39(40)44-26-13-27-46(52(44)47)51(34)45-25-12-11-24-43(45)50/h1-31H. The second-order valence-electron chi connectivity index (χ2n) is 14.4. The van der Waals surface area contributed by atoms with Crippen LogP contribution < -0.4 is 15.9 Å². The Morgan fingerprint density at radius 1 is 0.226 bits per heavy atom. The zero-order chi connectivity index (χ0) is 34.6. The summed E-state index contributed by atoms with van der Waals surface area (Å²) in [5.74, 6) is 0. The number of hydrogen-bond acceptors (Lipinski definition) is 0. The van der Waals surface area contributed by atoms with Gasteiger partial charge in [0.1, 0.15) is 0 Å². The van der Waals surface area contributed by atoms with Crippen molar-refractivity contribution in [3.63, 3.8) is 0 Å². The Kier molecular flexibility index (Phi) is 6.12. The topological polar surface area (TPSA) is 0 Å². The molecule has 53 heavy (non-hydrogen) atoms. The van der Waals surface area contributed by atoms with E-state index in [2.05, 4.69) is 188 Å². The van der Waals surface area contributed by atoms with Crippen LogP contribution in [-0.4, -0.2) is 0 Å². The predicted octanol–water partition coefficient (Wildman–Crippen LogP) is 13.2. The normalized spacial score (nSPS) is 12.3. The Morgan fingerprint density at radius 2 is 0.623 bits per heavy atom. The molecule has 0 bridgehead atoms.